The highest BCUT2D eigenvalue weighted by Gasteiger charge is 2.21. The van der Waals surface area contributed by atoms with Gasteiger partial charge in [-0.1, -0.05) is 18.2 Å². The third-order valence-corrected chi connectivity index (χ3v) is 4.55. The van der Waals surface area contributed by atoms with Crippen molar-refractivity contribution in [2.24, 2.45) is 0 Å². The van der Waals surface area contributed by atoms with Crippen molar-refractivity contribution in [3.8, 4) is 0 Å². The van der Waals surface area contributed by atoms with E-state index >= 15 is 0 Å². The normalized spacial score (nSPS) is 11.3. The number of benzene rings is 2. The second-order valence-corrected chi connectivity index (χ2v) is 6.80. The van der Waals surface area contributed by atoms with Crippen LogP contribution in [0, 0.1) is 0 Å². The van der Waals surface area contributed by atoms with E-state index in [9.17, 15) is 14.4 Å². The molecular formula is C20H23N3O3S. The molecule has 27 heavy (non-hydrogen) atoms. The number of rotatable bonds is 8. The first kappa shape index (κ1) is 20.5. The van der Waals surface area contributed by atoms with Crippen molar-refractivity contribution >= 4 is 35.2 Å². The fourth-order valence-corrected chi connectivity index (χ4v) is 2.89. The maximum atomic E-state index is 12.6. The van der Waals surface area contributed by atoms with Crippen molar-refractivity contribution in [2.75, 3.05) is 24.4 Å². The Morgan fingerprint density at radius 3 is 2.15 bits per heavy atom. The molecule has 7 heteroatoms. The van der Waals surface area contributed by atoms with Gasteiger partial charge >= 0.3 is 0 Å². The van der Waals surface area contributed by atoms with Crippen LogP contribution in [-0.2, 0) is 4.79 Å². The number of thioether (sulfide) groups is 1. The van der Waals surface area contributed by atoms with Crippen LogP contribution in [0.3, 0.4) is 0 Å². The quantitative estimate of drug-likeness (QED) is 0.652. The van der Waals surface area contributed by atoms with E-state index in [-0.39, 0.29) is 17.7 Å². The first-order valence-corrected chi connectivity index (χ1v) is 9.92. The van der Waals surface area contributed by atoms with Gasteiger partial charge in [-0.15, -0.1) is 0 Å². The van der Waals surface area contributed by atoms with Crippen molar-refractivity contribution in [3.05, 3.63) is 65.7 Å². The lowest BCUT2D eigenvalue weighted by Gasteiger charge is -2.18. The van der Waals surface area contributed by atoms with Crippen molar-refractivity contribution in [2.45, 2.75) is 12.5 Å². The summed E-state index contributed by atoms with van der Waals surface area (Å²) in [5.41, 5.74) is 1.58. The van der Waals surface area contributed by atoms with Gasteiger partial charge in [0, 0.05) is 23.9 Å². The van der Waals surface area contributed by atoms with Crippen LogP contribution < -0.4 is 16.0 Å². The zero-order valence-electron chi connectivity index (χ0n) is 15.3. The molecule has 6 nitrogen and oxygen atoms in total. The summed E-state index contributed by atoms with van der Waals surface area (Å²) in [4.78, 5) is 36.6. The summed E-state index contributed by atoms with van der Waals surface area (Å²) in [6, 6.07) is 14.7. The molecule has 0 unspecified atom stereocenters. The second-order valence-electron chi connectivity index (χ2n) is 5.82. The zero-order chi connectivity index (χ0) is 19.6. The highest BCUT2D eigenvalue weighted by Crippen LogP contribution is 2.12. The lowest BCUT2D eigenvalue weighted by atomic mass is 10.1. The molecule has 0 fully saturated rings. The van der Waals surface area contributed by atoms with Gasteiger partial charge in [-0.05, 0) is 54.8 Å². The number of hydrogen-bond donors (Lipinski definition) is 3. The highest BCUT2D eigenvalue weighted by atomic mass is 32.2. The van der Waals surface area contributed by atoms with Gasteiger partial charge in [0.2, 0.25) is 5.91 Å². The van der Waals surface area contributed by atoms with Crippen molar-refractivity contribution < 1.29 is 14.4 Å². The van der Waals surface area contributed by atoms with Crippen LogP contribution >= 0.6 is 11.8 Å². The molecule has 3 N–H and O–H groups in total. The van der Waals surface area contributed by atoms with E-state index in [0.29, 0.717) is 23.2 Å². The summed E-state index contributed by atoms with van der Waals surface area (Å²) < 4.78 is 0. The average Bonchev–Trinajstić information content (AvgIpc) is 2.71. The number of carbonyl (C=O) groups is 3. The summed E-state index contributed by atoms with van der Waals surface area (Å²) in [5, 5.41) is 8.14. The van der Waals surface area contributed by atoms with Crippen molar-refractivity contribution in [1.29, 1.82) is 0 Å². The first-order valence-electron chi connectivity index (χ1n) is 8.53. The molecule has 0 radical (unpaired) electrons. The Balaban J connectivity index is 2.05. The molecule has 0 saturated carbocycles. The van der Waals surface area contributed by atoms with Gasteiger partial charge in [0.05, 0.1) is 0 Å². The molecule has 2 aromatic rings. The number of hydrogen-bond acceptors (Lipinski definition) is 4. The summed E-state index contributed by atoms with van der Waals surface area (Å²) in [5.74, 6) is -0.0309. The molecule has 1 atom stereocenters. The van der Waals surface area contributed by atoms with E-state index in [0.717, 1.165) is 5.75 Å². The highest BCUT2D eigenvalue weighted by molar-refractivity contribution is 7.98. The van der Waals surface area contributed by atoms with Crippen LogP contribution in [0.4, 0.5) is 5.69 Å². The Morgan fingerprint density at radius 1 is 0.926 bits per heavy atom. The topological polar surface area (TPSA) is 87.3 Å². The molecule has 0 aromatic heterocycles. The van der Waals surface area contributed by atoms with Crippen molar-refractivity contribution in [3.63, 3.8) is 0 Å². The molecule has 142 valence electrons. The first-order chi connectivity index (χ1) is 13.0. The number of anilines is 1. The monoisotopic (exact) mass is 385 g/mol. The molecule has 0 aliphatic heterocycles. The van der Waals surface area contributed by atoms with E-state index in [1.807, 2.05) is 12.3 Å². The van der Waals surface area contributed by atoms with Gasteiger partial charge in [-0.3, -0.25) is 14.4 Å². The van der Waals surface area contributed by atoms with Crippen LogP contribution in [0.1, 0.15) is 27.1 Å². The number of amides is 3. The lowest BCUT2D eigenvalue weighted by molar-refractivity contribution is -0.118. The molecule has 0 aliphatic rings. The maximum Gasteiger partial charge on any atom is 0.251 e. The second kappa shape index (κ2) is 10.4. The summed E-state index contributed by atoms with van der Waals surface area (Å²) in [6.07, 6.45) is 2.47. The van der Waals surface area contributed by atoms with Gasteiger partial charge in [0.15, 0.2) is 0 Å². The van der Waals surface area contributed by atoms with Crippen LogP contribution in [0.15, 0.2) is 54.6 Å². The third kappa shape index (κ3) is 6.14. The third-order valence-electron chi connectivity index (χ3n) is 3.91. The fraction of sp³-hybridized carbons (Fsp3) is 0.250. The molecule has 0 heterocycles. The van der Waals surface area contributed by atoms with E-state index in [1.165, 1.54) is 0 Å². The molecule has 0 bridgehead atoms. The van der Waals surface area contributed by atoms with Gasteiger partial charge in [-0.25, -0.2) is 0 Å². The van der Waals surface area contributed by atoms with Gasteiger partial charge < -0.3 is 16.0 Å². The van der Waals surface area contributed by atoms with Crippen LogP contribution in [0.2, 0.25) is 0 Å². The van der Waals surface area contributed by atoms with Gasteiger partial charge in [-0.2, -0.15) is 11.8 Å². The Morgan fingerprint density at radius 2 is 1.56 bits per heavy atom. The minimum atomic E-state index is -0.649. The Labute approximate surface area is 163 Å². The van der Waals surface area contributed by atoms with Crippen LogP contribution in [0.5, 0.6) is 0 Å². The smallest absolute Gasteiger partial charge is 0.251 e. The fourth-order valence-electron chi connectivity index (χ4n) is 2.41. The molecular weight excluding hydrogens is 362 g/mol. The summed E-state index contributed by atoms with van der Waals surface area (Å²) in [6.45, 7) is 0. The Kier molecular flexibility index (Phi) is 7.88. The van der Waals surface area contributed by atoms with Gasteiger partial charge in [0.1, 0.15) is 6.04 Å². The van der Waals surface area contributed by atoms with E-state index in [2.05, 4.69) is 16.0 Å². The Bertz CT molecular complexity index is 779. The van der Waals surface area contributed by atoms with E-state index in [4.69, 9.17) is 0 Å². The van der Waals surface area contributed by atoms with Gasteiger partial charge in [0.25, 0.3) is 11.8 Å². The summed E-state index contributed by atoms with van der Waals surface area (Å²) >= 11 is 1.61. The molecule has 2 aromatic carbocycles. The molecule has 2 rings (SSSR count). The molecule has 0 aliphatic carbocycles. The molecule has 3 amide bonds. The molecule has 0 saturated heterocycles. The maximum absolute atomic E-state index is 12.6. The Hall–Kier alpha value is -2.80. The SMILES string of the molecule is CNC(=O)c1ccc(NC(=O)[C@H](CCSC)NC(=O)c2ccccc2)cc1. The van der Waals surface area contributed by atoms with E-state index in [1.54, 1.807) is 67.3 Å². The predicted octanol–water partition coefficient (Wildman–Crippen LogP) is 2.54. The molecule has 0 spiro atoms. The zero-order valence-corrected chi connectivity index (χ0v) is 16.1. The standard InChI is InChI=1S/C20H23N3O3S/c1-21-18(24)15-8-10-16(11-9-15)22-20(26)17(12-13-27-2)23-19(25)14-6-4-3-5-7-14/h3-11,17H,12-13H2,1-2H3,(H,21,24)(H,22,26)(H,23,25)/t17-/m0/s1. The predicted molar refractivity (Wildman–Crippen MR) is 109 cm³/mol. The van der Waals surface area contributed by atoms with Crippen LogP contribution in [-0.4, -0.2) is 42.8 Å². The van der Waals surface area contributed by atoms with Crippen molar-refractivity contribution in [1.82, 2.24) is 10.6 Å². The summed E-state index contributed by atoms with van der Waals surface area (Å²) in [7, 11) is 1.56. The number of carbonyl (C=O) groups excluding carboxylic acids is 3. The largest absolute Gasteiger partial charge is 0.355 e. The van der Waals surface area contributed by atoms with Crippen LogP contribution in [0.25, 0.3) is 0 Å². The van der Waals surface area contributed by atoms with E-state index < -0.39 is 6.04 Å². The number of nitrogens with one attached hydrogen (secondary N) is 3. The minimum Gasteiger partial charge on any atom is -0.355 e. The lowest BCUT2D eigenvalue weighted by Crippen LogP contribution is -2.44. The minimum absolute atomic E-state index is 0.194. The average molecular weight is 385 g/mol.